The van der Waals surface area contributed by atoms with E-state index in [4.69, 9.17) is 8.83 Å². The van der Waals surface area contributed by atoms with E-state index >= 15 is 0 Å². The normalized spacial score (nSPS) is 12.1. The van der Waals surface area contributed by atoms with Gasteiger partial charge in [0.15, 0.2) is 0 Å². The molecule has 55 heavy (non-hydrogen) atoms. The van der Waals surface area contributed by atoms with Crippen LogP contribution >= 0.6 is 0 Å². The van der Waals surface area contributed by atoms with Crippen LogP contribution in [0.5, 0.6) is 0 Å². The van der Waals surface area contributed by atoms with Crippen LogP contribution in [0.15, 0.2) is 167 Å². The Labute approximate surface area is 311 Å². The smallest absolute Gasteiger partial charge is 0.145 e. The number of fused-ring (bicyclic) bond motifs is 14. The maximum atomic E-state index is 14.8. The lowest BCUT2D eigenvalue weighted by atomic mass is 9.99. The first-order chi connectivity index (χ1) is 27.2. The molecule has 0 fully saturated rings. The molecule has 4 heterocycles. The van der Waals surface area contributed by atoms with Gasteiger partial charge >= 0.3 is 0 Å². The van der Waals surface area contributed by atoms with Gasteiger partial charge in [-0.05, 0) is 84.4 Å². The van der Waals surface area contributed by atoms with Gasteiger partial charge in [-0.15, -0.1) is 0 Å². The standard InChI is InChI=1S/C49H26FN3O2/c50-30-18-23-40-38(26-30)34-22-25-44-46(37-11-3-6-15-43(37)54-44)48(34)52(40)31-19-16-28(17-20-31)32-12-7-8-29(27-51)47(32)53-39-13-4-1-10-36(39)45-41(53)24-21-35-33-9-2-5-14-42(33)55-49(35)45/h1-26H. The highest BCUT2D eigenvalue weighted by molar-refractivity contribution is 6.25. The number of hydrogen-bond donors (Lipinski definition) is 0. The SMILES string of the molecule is N#Cc1cccc(-c2ccc(-n3c4ccc(F)cc4c4ccc5oc6ccccc6c5c43)cc2)c1-n1c2ccccc2c2c3oc4ccccc4c3ccc21. The number of rotatable bonds is 3. The number of benzene rings is 8. The molecule has 6 heteroatoms. The van der Waals surface area contributed by atoms with Crippen LogP contribution in [0.25, 0.3) is 110 Å². The van der Waals surface area contributed by atoms with Gasteiger partial charge in [-0.2, -0.15) is 5.26 Å². The average molecular weight is 708 g/mol. The second-order valence-electron chi connectivity index (χ2n) is 14.1. The maximum Gasteiger partial charge on any atom is 0.145 e. The van der Waals surface area contributed by atoms with Crippen LogP contribution in [0.2, 0.25) is 0 Å². The summed E-state index contributed by atoms with van der Waals surface area (Å²) in [6, 6.07) is 54.6. The minimum Gasteiger partial charge on any atom is -0.456 e. The monoisotopic (exact) mass is 707 g/mol. The van der Waals surface area contributed by atoms with Crippen LogP contribution in [0, 0.1) is 17.1 Å². The second-order valence-corrected chi connectivity index (χ2v) is 14.1. The highest BCUT2D eigenvalue weighted by Gasteiger charge is 2.23. The first-order valence-corrected chi connectivity index (χ1v) is 18.2. The minimum absolute atomic E-state index is 0.282. The van der Waals surface area contributed by atoms with E-state index in [-0.39, 0.29) is 5.82 Å². The molecule has 12 rings (SSSR count). The number of halogens is 1. The molecule has 256 valence electrons. The zero-order valence-electron chi connectivity index (χ0n) is 29.0. The lowest BCUT2D eigenvalue weighted by Gasteiger charge is -2.16. The van der Waals surface area contributed by atoms with E-state index in [9.17, 15) is 9.65 Å². The summed E-state index contributed by atoms with van der Waals surface area (Å²) in [5.41, 5.74) is 11.2. The summed E-state index contributed by atoms with van der Waals surface area (Å²) in [4.78, 5) is 0. The molecule has 8 aromatic carbocycles. The molecule has 0 saturated carbocycles. The molecule has 5 nitrogen and oxygen atoms in total. The Bertz CT molecular complexity index is 3630. The molecular weight excluding hydrogens is 682 g/mol. The highest BCUT2D eigenvalue weighted by atomic mass is 19.1. The number of aromatic nitrogens is 2. The van der Waals surface area contributed by atoms with E-state index in [2.05, 4.69) is 81.9 Å². The predicted octanol–water partition coefficient (Wildman–Crippen LogP) is 13.4. The van der Waals surface area contributed by atoms with Crippen LogP contribution < -0.4 is 0 Å². The van der Waals surface area contributed by atoms with Crippen molar-refractivity contribution in [1.82, 2.24) is 9.13 Å². The summed E-state index contributed by atoms with van der Waals surface area (Å²) in [6.45, 7) is 0. The summed E-state index contributed by atoms with van der Waals surface area (Å²) in [5.74, 6) is -0.282. The Hall–Kier alpha value is -7.62. The van der Waals surface area contributed by atoms with Gasteiger partial charge < -0.3 is 18.0 Å². The minimum atomic E-state index is -0.282. The van der Waals surface area contributed by atoms with Gasteiger partial charge in [0.05, 0.1) is 44.1 Å². The number of furan rings is 2. The molecule has 0 atom stereocenters. The van der Waals surface area contributed by atoms with Gasteiger partial charge in [0, 0.05) is 43.6 Å². The molecule has 0 radical (unpaired) electrons. The van der Waals surface area contributed by atoms with Gasteiger partial charge in [-0.25, -0.2) is 4.39 Å². The summed E-state index contributed by atoms with van der Waals surface area (Å²) >= 11 is 0. The van der Waals surface area contributed by atoms with Crippen molar-refractivity contribution in [3.63, 3.8) is 0 Å². The number of nitrogens with zero attached hydrogens (tertiary/aromatic N) is 3. The summed E-state index contributed by atoms with van der Waals surface area (Å²) in [6.07, 6.45) is 0. The predicted molar refractivity (Wildman–Crippen MR) is 220 cm³/mol. The third kappa shape index (κ3) is 4.04. The fraction of sp³-hybridized carbons (Fsp3) is 0. The molecule has 0 N–H and O–H groups in total. The quantitative estimate of drug-likeness (QED) is 0.184. The van der Waals surface area contributed by atoms with Crippen molar-refractivity contribution >= 4 is 87.5 Å². The molecular formula is C49H26FN3O2. The Balaban J connectivity index is 1.10. The van der Waals surface area contributed by atoms with Crippen molar-refractivity contribution < 1.29 is 13.2 Å². The molecule has 0 aliphatic heterocycles. The Morgan fingerprint density at radius 2 is 1.20 bits per heavy atom. The zero-order valence-corrected chi connectivity index (χ0v) is 29.0. The highest BCUT2D eigenvalue weighted by Crippen LogP contribution is 2.44. The van der Waals surface area contributed by atoms with E-state index in [1.165, 1.54) is 6.07 Å². The van der Waals surface area contributed by atoms with Crippen LogP contribution in [0.3, 0.4) is 0 Å². The van der Waals surface area contributed by atoms with Crippen LogP contribution in [-0.2, 0) is 0 Å². The van der Waals surface area contributed by atoms with Crippen LogP contribution in [0.1, 0.15) is 5.56 Å². The van der Waals surface area contributed by atoms with Crippen molar-refractivity contribution in [2.75, 3.05) is 0 Å². The van der Waals surface area contributed by atoms with E-state index in [1.807, 2.05) is 78.9 Å². The molecule has 0 spiro atoms. The zero-order chi connectivity index (χ0) is 36.4. The van der Waals surface area contributed by atoms with E-state index in [1.54, 1.807) is 6.07 Å². The van der Waals surface area contributed by atoms with Crippen molar-refractivity contribution in [2.45, 2.75) is 0 Å². The number of hydrogen-bond acceptors (Lipinski definition) is 3. The Morgan fingerprint density at radius 3 is 2.04 bits per heavy atom. The van der Waals surface area contributed by atoms with Crippen molar-refractivity contribution in [3.05, 3.63) is 169 Å². The Morgan fingerprint density at radius 1 is 0.491 bits per heavy atom. The first kappa shape index (κ1) is 29.9. The third-order valence-electron chi connectivity index (χ3n) is 11.2. The van der Waals surface area contributed by atoms with Gasteiger partial charge in [-0.3, -0.25) is 0 Å². The Kier molecular flexibility index (Phi) is 5.96. The lowest BCUT2D eigenvalue weighted by molar-refractivity contribution is 0.629. The van der Waals surface area contributed by atoms with Crippen LogP contribution in [-0.4, -0.2) is 9.13 Å². The molecule has 0 saturated heterocycles. The molecule has 4 aromatic heterocycles. The second kappa shape index (κ2) is 11.0. The first-order valence-electron chi connectivity index (χ1n) is 18.2. The topological polar surface area (TPSA) is 59.9 Å². The van der Waals surface area contributed by atoms with Gasteiger partial charge in [0.25, 0.3) is 0 Å². The molecule has 0 bridgehead atoms. The van der Waals surface area contributed by atoms with Crippen molar-refractivity contribution in [1.29, 1.82) is 5.26 Å². The van der Waals surface area contributed by atoms with Gasteiger partial charge in [0.1, 0.15) is 34.2 Å². The van der Waals surface area contributed by atoms with Crippen molar-refractivity contribution in [2.24, 2.45) is 0 Å². The van der Waals surface area contributed by atoms with E-state index in [0.717, 1.165) is 110 Å². The van der Waals surface area contributed by atoms with Crippen molar-refractivity contribution in [3.8, 4) is 28.6 Å². The fourth-order valence-corrected chi connectivity index (χ4v) is 8.93. The van der Waals surface area contributed by atoms with E-state index in [0.29, 0.717) is 5.56 Å². The fourth-order valence-electron chi connectivity index (χ4n) is 8.93. The van der Waals surface area contributed by atoms with Crippen LogP contribution in [0.4, 0.5) is 4.39 Å². The lowest BCUT2D eigenvalue weighted by Crippen LogP contribution is -2.01. The summed E-state index contributed by atoms with van der Waals surface area (Å²) < 4.78 is 32.1. The van der Waals surface area contributed by atoms with E-state index < -0.39 is 0 Å². The molecule has 0 amide bonds. The summed E-state index contributed by atoms with van der Waals surface area (Å²) in [7, 11) is 0. The largest absolute Gasteiger partial charge is 0.456 e. The molecule has 12 aromatic rings. The number of para-hydroxylation sites is 4. The number of nitriles is 1. The maximum absolute atomic E-state index is 14.8. The molecule has 0 aliphatic rings. The third-order valence-corrected chi connectivity index (χ3v) is 11.2. The summed E-state index contributed by atoms with van der Waals surface area (Å²) in [5, 5.41) is 18.6. The molecule has 0 unspecified atom stereocenters. The molecule has 0 aliphatic carbocycles. The van der Waals surface area contributed by atoms with Gasteiger partial charge in [-0.1, -0.05) is 78.9 Å². The van der Waals surface area contributed by atoms with Gasteiger partial charge in [0.2, 0.25) is 0 Å². The average Bonchev–Trinajstić information content (AvgIpc) is 3.98.